The molecule has 0 saturated carbocycles. The summed E-state index contributed by atoms with van der Waals surface area (Å²) < 4.78 is 21.7. The first-order valence-electron chi connectivity index (χ1n) is 10.4. The standard InChI is InChI=1S/C24H23N3O5/c1-14-22-16(13-17(19-7-5-11-31-19)25-23(22)32-26-14)24(28)27-10-4-6-18(27)15-8-9-20(29-2)21(12-15)30-3/h5,7-9,11-13,18H,4,6,10H2,1-3H3/t18-/m1/s1. The molecule has 32 heavy (non-hydrogen) atoms. The van der Waals surface area contributed by atoms with Crippen LogP contribution in [0.2, 0.25) is 0 Å². The SMILES string of the molecule is COc1ccc([C@H]2CCCN2C(=O)c2cc(-c3ccco3)nc3onc(C)c23)cc1OC. The number of hydrogen-bond acceptors (Lipinski definition) is 7. The maximum absolute atomic E-state index is 13.8. The van der Waals surface area contributed by atoms with Gasteiger partial charge in [0.15, 0.2) is 17.3 Å². The number of methoxy groups -OCH3 is 2. The molecule has 8 nitrogen and oxygen atoms in total. The van der Waals surface area contributed by atoms with Gasteiger partial charge in [0.2, 0.25) is 0 Å². The Hall–Kier alpha value is -3.81. The maximum atomic E-state index is 13.8. The van der Waals surface area contributed by atoms with Crippen LogP contribution >= 0.6 is 0 Å². The Balaban J connectivity index is 1.57. The van der Waals surface area contributed by atoms with Crippen molar-refractivity contribution in [3.8, 4) is 23.0 Å². The van der Waals surface area contributed by atoms with Crippen LogP contribution in [-0.2, 0) is 0 Å². The number of aromatic nitrogens is 2. The second-order valence-corrected chi connectivity index (χ2v) is 7.75. The predicted molar refractivity (Wildman–Crippen MR) is 117 cm³/mol. The molecule has 1 aliphatic heterocycles. The third-order valence-electron chi connectivity index (χ3n) is 5.93. The maximum Gasteiger partial charge on any atom is 0.259 e. The molecule has 1 aliphatic rings. The van der Waals surface area contributed by atoms with Crippen LogP contribution in [0.25, 0.3) is 22.6 Å². The van der Waals surface area contributed by atoms with Crippen LogP contribution in [0.4, 0.5) is 0 Å². The van der Waals surface area contributed by atoms with Gasteiger partial charge in [0.25, 0.3) is 11.6 Å². The highest BCUT2D eigenvalue weighted by molar-refractivity contribution is 6.07. The van der Waals surface area contributed by atoms with Gasteiger partial charge in [0.1, 0.15) is 5.69 Å². The van der Waals surface area contributed by atoms with Gasteiger partial charge in [-0.2, -0.15) is 0 Å². The Kier molecular flexibility index (Phi) is 5.05. The number of carbonyl (C=O) groups is 1. The monoisotopic (exact) mass is 433 g/mol. The Morgan fingerprint density at radius 1 is 1.16 bits per heavy atom. The van der Waals surface area contributed by atoms with E-state index in [0.717, 1.165) is 18.4 Å². The number of rotatable bonds is 5. The summed E-state index contributed by atoms with van der Waals surface area (Å²) in [6, 6.07) is 11.1. The van der Waals surface area contributed by atoms with Gasteiger partial charge in [0.05, 0.1) is 43.2 Å². The van der Waals surface area contributed by atoms with Crippen molar-refractivity contribution in [2.45, 2.75) is 25.8 Å². The number of hydrogen-bond donors (Lipinski definition) is 0. The zero-order chi connectivity index (χ0) is 22.2. The van der Waals surface area contributed by atoms with E-state index in [1.54, 1.807) is 38.7 Å². The van der Waals surface area contributed by atoms with Gasteiger partial charge in [-0.25, -0.2) is 4.98 Å². The van der Waals surface area contributed by atoms with Crippen molar-refractivity contribution < 1.29 is 23.2 Å². The van der Waals surface area contributed by atoms with E-state index in [9.17, 15) is 4.79 Å². The quantitative estimate of drug-likeness (QED) is 0.447. The largest absolute Gasteiger partial charge is 0.493 e. The van der Waals surface area contributed by atoms with E-state index in [-0.39, 0.29) is 11.9 Å². The molecule has 0 unspecified atom stereocenters. The zero-order valence-electron chi connectivity index (χ0n) is 18.1. The number of ether oxygens (including phenoxy) is 2. The predicted octanol–water partition coefficient (Wildman–Crippen LogP) is 4.79. The smallest absolute Gasteiger partial charge is 0.259 e. The van der Waals surface area contributed by atoms with Gasteiger partial charge < -0.3 is 23.3 Å². The van der Waals surface area contributed by atoms with Gasteiger partial charge in [-0.1, -0.05) is 11.2 Å². The highest BCUT2D eigenvalue weighted by Crippen LogP contribution is 2.38. The molecule has 1 saturated heterocycles. The summed E-state index contributed by atoms with van der Waals surface area (Å²) in [6.45, 7) is 2.47. The van der Waals surface area contributed by atoms with E-state index in [1.165, 1.54) is 0 Å². The van der Waals surface area contributed by atoms with Crippen molar-refractivity contribution in [1.82, 2.24) is 15.0 Å². The van der Waals surface area contributed by atoms with Gasteiger partial charge in [-0.15, -0.1) is 0 Å². The molecule has 1 amide bonds. The van der Waals surface area contributed by atoms with E-state index >= 15 is 0 Å². The lowest BCUT2D eigenvalue weighted by molar-refractivity contribution is 0.0737. The van der Waals surface area contributed by atoms with Crippen molar-refractivity contribution in [3.63, 3.8) is 0 Å². The Bertz CT molecular complexity index is 1280. The first-order valence-corrected chi connectivity index (χ1v) is 10.4. The topological polar surface area (TPSA) is 90.8 Å². The number of amides is 1. The molecule has 0 spiro atoms. The number of nitrogens with zero attached hydrogens (tertiary/aromatic N) is 3. The Morgan fingerprint density at radius 3 is 2.75 bits per heavy atom. The van der Waals surface area contributed by atoms with E-state index in [0.29, 0.717) is 51.9 Å². The average molecular weight is 433 g/mol. The lowest BCUT2D eigenvalue weighted by Gasteiger charge is -2.26. The van der Waals surface area contributed by atoms with Crippen molar-refractivity contribution >= 4 is 17.0 Å². The second-order valence-electron chi connectivity index (χ2n) is 7.75. The molecule has 4 heterocycles. The first-order chi connectivity index (χ1) is 15.6. The molecular weight excluding hydrogens is 410 g/mol. The number of carbonyl (C=O) groups excluding carboxylic acids is 1. The average Bonchev–Trinajstić information content (AvgIpc) is 3.59. The number of likely N-dealkylation sites (tertiary alicyclic amines) is 1. The second kappa shape index (κ2) is 8.03. The number of fused-ring (bicyclic) bond motifs is 1. The molecule has 1 aromatic carbocycles. The van der Waals surface area contributed by atoms with E-state index < -0.39 is 0 Å². The molecule has 4 aromatic rings. The number of furan rings is 1. The van der Waals surface area contributed by atoms with E-state index in [4.69, 9.17) is 18.4 Å². The summed E-state index contributed by atoms with van der Waals surface area (Å²) >= 11 is 0. The van der Waals surface area contributed by atoms with Crippen LogP contribution < -0.4 is 9.47 Å². The van der Waals surface area contributed by atoms with Crippen molar-refractivity contribution in [1.29, 1.82) is 0 Å². The van der Waals surface area contributed by atoms with E-state index in [2.05, 4.69) is 10.1 Å². The van der Waals surface area contributed by atoms with Gasteiger partial charge >= 0.3 is 0 Å². The minimum atomic E-state index is -0.0891. The van der Waals surface area contributed by atoms with Crippen molar-refractivity contribution in [3.05, 3.63) is 59.5 Å². The molecule has 3 aromatic heterocycles. The highest BCUT2D eigenvalue weighted by atomic mass is 16.5. The van der Waals surface area contributed by atoms with Crippen LogP contribution in [0.3, 0.4) is 0 Å². The molecule has 8 heteroatoms. The third-order valence-corrected chi connectivity index (χ3v) is 5.93. The van der Waals surface area contributed by atoms with Gasteiger partial charge in [0, 0.05) is 6.54 Å². The van der Waals surface area contributed by atoms with Crippen LogP contribution in [0, 0.1) is 6.92 Å². The summed E-state index contributed by atoms with van der Waals surface area (Å²) in [5.74, 6) is 1.78. The normalized spacial score (nSPS) is 16.0. The fourth-order valence-electron chi connectivity index (χ4n) is 4.39. The first kappa shape index (κ1) is 20.1. The molecule has 5 rings (SSSR count). The Morgan fingerprint density at radius 2 is 2.00 bits per heavy atom. The van der Waals surface area contributed by atoms with Crippen LogP contribution in [0.15, 0.2) is 51.6 Å². The van der Waals surface area contributed by atoms with Gasteiger partial charge in [-0.05, 0) is 55.7 Å². The van der Waals surface area contributed by atoms with Gasteiger partial charge in [-0.3, -0.25) is 4.79 Å². The minimum Gasteiger partial charge on any atom is -0.493 e. The van der Waals surface area contributed by atoms with E-state index in [1.807, 2.05) is 30.0 Å². The summed E-state index contributed by atoms with van der Waals surface area (Å²) in [7, 11) is 3.22. The molecule has 0 aliphatic carbocycles. The third kappa shape index (κ3) is 3.28. The lowest BCUT2D eigenvalue weighted by atomic mass is 10.0. The molecule has 0 radical (unpaired) electrons. The Labute approximate surface area is 184 Å². The van der Waals surface area contributed by atoms with Crippen LogP contribution in [0.5, 0.6) is 11.5 Å². The summed E-state index contributed by atoms with van der Waals surface area (Å²) in [5.41, 5.74) is 2.99. The van der Waals surface area contributed by atoms with Crippen molar-refractivity contribution in [2.24, 2.45) is 0 Å². The summed E-state index contributed by atoms with van der Waals surface area (Å²) in [4.78, 5) is 20.2. The molecule has 164 valence electrons. The fraction of sp³-hybridized carbons (Fsp3) is 0.292. The number of aryl methyl sites for hydroxylation is 1. The van der Waals surface area contributed by atoms with Crippen LogP contribution in [0.1, 0.15) is 40.5 Å². The molecule has 1 atom stereocenters. The fourth-order valence-corrected chi connectivity index (χ4v) is 4.39. The summed E-state index contributed by atoms with van der Waals surface area (Å²) in [6.07, 6.45) is 3.34. The zero-order valence-corrected chi connectivity index (χ0v) is 18.1. The molecular formula is C24H23N3O5. The highest BCUT2D eigenvalue weighted by Gasteiger charge is 2.33. The number of benzene rings is 1. The van der Waals surface area contributed by atoms with Crippen LogP contribution in [-0.4, -0.2) is 41.7 Å². The molecule has 0 N–H and O–H groups in total. The number of pyridine rings is 1. The summed E-state index contributed by atoms with van der Waals surface area (Å²) in [5, 5.41) is 4.67. The van der Waals surface area contributed by atoms with Crippen molar-refractivity contribution in [2.75, 3.05) is 20.8 Å². The lowest BCUT2D eigenvalue weighted by Crippen LogP contribution is -2.31. The minimum absolute atomic E-state index is 0.0715. The molecule has 1 fully saturated rings. The molecule has 0 bridgehead atoms.